The first-order valence-corrected chi connectivity index (χ1v) is 7.68. The van der Waals surface area contributed by atoms with Gasteiger partial charge in [0.2, 0.25) is 0 Å². The first kappa shape index (κ1) is 13.4. The molecule has 0 spiro atoms. The smallest absolute Gasteiger partial charge is 0.168 e. The molecule has 0 fully saturated rings. The molecule has 5 rings (SSSR count). The molecule has 3 atom stereocenters. The molecule has 3 unspecified atom stereocenters. The molecule has 1 aromatic rings. The van der Waals surface area contributed by atoms with Gasteiger partial charge in [-0.25, -0.2) is 0 Å². The number of carbonyl (C=O) groups excluding carboxylic acids is 2. The van der Waals surface area contributed by atoms with Gasteiger partial charge in [-0.15, -0.1) is 0 Å². The van der Waals surface area contributed by atoms with E-state index in [0.717, 1.165) is 16.7 Å². The van der Waals surface area contributed by atoms with Crippen molar-refractivity contribution in [1.82, 2.24) is 5.32 Å². The summed E-state index contributed by atoms with van der Waals surface area (Å²) in [4.78, 5) is 24.9. The Bertz CT molecular complexity index is 727. The van der Waals surface area contributed by atoms with Crippen molar-refractivity contribution >= 4 is 17.1 Å². The third-order valence-electron chi connectivity index (χ3n) is 4.75. The number of Topliss-reactive ketones (excluding diaryl/α,β-unsaturated/α-hetero) is 2. The van der Waals surface area contributed by atoms with Crippen LogP contribution in [0.2, 0.25) is 0 Å². The van der Waals surface area contributed by atoms with Gasteiger partial charge in [0.1, 0.15) is 0 Å². The molecule has 4 aliphatic rings. The molecule has 2 aliphatic carbocycles. The van der Waals surface area contributed by atoms with Crippen LogP contribution in [0.3, 0.4) is 0 Å². The molecular weight excluding hydrogens is 274 g/mol. The first-order valence-electron chi connectivity index (χ1n) is 7.68. The van der Waals surface area contributed by atoms with Crippen molar-refractivity contribution in [3.63, 3.8) is 0 Å². The van der Waals surface area contributed by atoms with Crippen molar-refractivity contribution in [1.29, 1.82) is 0 Å². The van der Waals surface area contributed by atoms with Gasteiger partial charge in [0.05, 0.1) is 18.4 Å². The third kappa shape index (κ3) is 2.01. The predicted octanol–water partition coefficient (Wildman–Crippen LogP) is 2.17. The second-order valence-corrected chi connectivity index (χ2v) is 6.04. The maximum absolute atomic E-state index is 12.8. The highest BCUT2D eigenvalue weighted by Crippen LogP contribution is 2.43. The van der Waals surface area contributed by atoms with Gasteiger partial charge in [0, 0.05) is 18.0 Å². The van der Waals surface area contributed by atoms with Crippen LogP contribution >= 0.6 is 0 Å². The van der Waals surface area contributed by atoms with E-state index in [0.29, 0.717) is 13.1 Å². The van der Waals surface area contributed by atoms with Gasteiger partial charge < -0.3 is 5.32 Å². The van der Waals surface area contributed by atoms with Crippen LogP contribution in [0.4, 0.5) is 0 Å². The highest BCUT2D eigenvalue weighted by atomic mass is 16.1. The Hall–Kier alpha value is -2.26. The van der Waals surface area contributed by atoms with Gasteiger partial charge in [-0.2, -0.15) is 0 Å². The summed E-state index contributed by atoms with van der Waals surface area (Å²) < 4.78 is 0. The Balaban J connectivity index is 1.90. The molecule has 22 heavy (non-hydrogen) atoms. The summed E-state index contributed by atoms with van der Waals surface area (Å²) in [5.74, 6) is -0.00140. The van der Waals surface area contributed by atoms with E-state index >= 15 is 0 Å². The van der Waals surface area contributed by atoms with E-state index in [1.165, 1.54) is 0 Å². The van der Waals surface area contributed by atoms with Crippen molar-refractivity contribution in [3.8, 4) is 0 Å². The summed E-state index contributed by atoms with van der Waals surface area (Å²) in [5, 5.41) is 3.15. The summed E-state index contributed by atoms with van der Waals surface area (Å²) >= 11 is 0. The van der Waals surface area contributed by atoms with Crippen molar-refractivity contribution in [2.45, 2.75) is 0 Å². The molecule has 1 N–H and O–H groups in total. The number of allylic oxidation sites excluding steroid dienone is 5. The molecule has 0 saturated heterocycles. The van der Waals surface area contributed by atoms with Crippen LogP contribution in [0, 0.1) is 17.8 Å². The lowest BCUT2D eigenvalue weighted by Crippen LogP contribution is -2.30. The van der Waals surface area contributed by atoms with E-state index in [1.54, 1.807) is 0 Å². The van der Waals surface area contributed by atoms with E-state index in [9.17, 15) is 9.59 Å². The largest absolute Gasteiger partial charge is 0.306 e. The van der Waals surface area contributed by atoms with Gasteiger partial charge in [0.15, 0.2) is 11.6 Å². The molecule has 3 heteroatoms. The normalized spacial score (nSPS) is 30.3. The van der Waals surface area contributed by atoms with Crippen molar-refractivity contribution in [3.05, 3.63) is 65.8 Å². The fraction of sp³-hybridized carbons (Fsp3) is 0.263. The topological polar surface area (TPSA) is 46.2 Å². The number of nitrogens with one attached hydrogen (secondary N) is 1. The maximum Gasteiger partial charge on any atom is 0.168 e. The van der Waals surface area contributed by atoms with Gasteiger partial charge in [-0.05, 0) is 11.1 Å². The van der Waals surface area contributed by atoms with Gasteiger partial charge in [0.25, 0.3) is 0 Å². The number of ketones is 2. The van der Waals surface area contributed by atoms with Crippen LogP contribution < -0.4 is 5.32 Å². The Morgan fingerprint density at radius 2 is 1.59 bits per heavy atom. The minimum atomic E-state index is -0.218. The first-order chi connectivity index (χ1) is 10.8. The van der Waals surface area contributed by atoms with Crippen LogP contribution in [0.5, 0.6) is 0 Å². The van der Waals surface area contributed by atoms with E-state index in [2.05, 4.69) is 23.5 Å². The van der Waals surface area contributed by atoms with Crippen LogP contribution in [-0.2, 0) is 9.59 Å². The Morgan fingerprint density at radius 3 is 2.36 bits per heavy atom. The van der Waals surface area contributed by atoms with Gasteiger partial charge in [-0.1, -0.05) is 54.6 Å². The molecule has 3 nitrogen and oxygen atoms in total. The molecule has 4 bridgehead atoms. The molecule has 0 saturated carbocycles. The van der Waals surface area contributed by atoms with Crippen molar-refractivity contribution in [2.24, 2.45) is 17.8 Å². The lowest BCUT2D eigenvalue weighted by atomic mass is 9.87. The molecule has 1 aromatic carbocycles. The lowest BCUT2D eigenvalue weighted by Gasteiger charge is -2.16. The standard InChI is InChI=1S/C19H17NO2/c21-17-11-20-10-16-18(13-4-2-1-3-5-13)14-8-6-12(17)7-9-15(14)19(16)22/h1-9,12,14-15,20H,10-11H2. The molecule has 110 valence electrons. The highest BCUT2D eigenvalue weighted by Gasteiger charge is 2.40. The number of hydrogen-bond acceptors (Lipinski definition) is 3. The number of hydrogen-bond donors (Lipinski definition) is 1. The van der Waals surface area contributed by atoms with Crippen LogP contribution in [0.25, 0.3) is 5.57 Å². The number of fused-ring (bicyclic) bond motifs is 3. The molecular formula is C19H17NO2. The number of rotatable bonds is 1. The number of carbonyl (C=O) groups is 2. The highest BCUT2D eigenvalue weighted by molar-refractivity contribution is 6.11. The van der Waals surface area contributed by atoms with Crippen LogP contribution in [0.15, 0.2) is 60.2 Å². The van der Waals surface area contributed by atoms with E-state index in [-0.39, 0.29) is 29.3 Å². The van der Waals surface area contributed by atoms with E-state index in [4.69, 9.17) is 0 Å². The Labute approximate surface area is 129 Å². The lowest BCUT2D eigenvalue weighted by molar-refractivity contribution is -0.120. The van der Waals surface area contributed by atoms with Gasteiger partial charge >= 0.3 is 0 Å². The monoisotopic (exact) mass is 291 g/mol. The summed E-state index contributed by atoms with van der Waals surface area (Å²) in [6, 6.07) is 10.1. The molecule has 0 radical (unpaired) electrons. The second kappa shape index (κ2) is 5.18. The third-order valence-corrected chi connectivity index (χ3v) is 4.75. The average Bonchev–Trinajstić information content (AvgIpc) is 2.70. The minimum absolute atomic E-state index is 0.0406. The van der Waals surface area contributed by atoms with Crippen molar-refractivity contribution in [2.75, 3.05) is 13.1 Å². The zero-order valence-corrected chi connectivity index (χ0v) is 12.2. The predicted molar refractivity (Wildman–Crippen MR) is 85.0 cm³/mol. The SMILES string of the molecule is O=C1CNCC2=C(c3ccccc3)C3C=CC1C=CC3C2=O. The summed E-state index contributed by atoms with van der Waals surface area (Å²) in [6.45, 7) is 0.768. The molecule has 0 aromatic heterocycles. The fourth-order valence-electron chi connectivity index (χ4n) is 3.65. The van der Waals surface area contributed by atoms with E-state index < -0.39 is 0 Å². The summed E-state index contributed by atoms with van der Waals surface area (Å²) in [5.41, 5.74) is 3.03. The fourth-order valence-corrected chi connectivity index (χ4v) is 3.65. The van der Waals surface area contributed by atoms with E-state index in [1.807, 2.05) is 36.4 Å². The molecule has 2 heterocycles. The Kier molecular flexibility index (Phi) is 3.16. The zero-order chi connectivity index (χ0) is 15.1. The van der Waals surface area contributed by atoms with Crippen LogP contribution in [-0.4, -0.2) is 24.7 Å². The van der Waals surface area contributed by atoms with Crippen molar-refractivity contribution < 1.29 is 9.59 Å². The minimum Gasteiger partial charge on any atom is -0.306 e. The average molecular weight is 291 g/mol. The molecule has 2 aliphatic heterocycles. The maximum atomic E-state index is 12.8. The number of benzene rings is 1. The molecule has 0 amide bonds. The Morgan fingerprint density at radius 1 is 0.864 bits per heavy atom. The summed E-state index contributed by atoms with van der Waals surface area (Å²) in [7, 11) is 0. The summed E-state index contributed by atoms with van der Waals surface area (Å²) in [6.07, 6.45) is 7.85. The zero-order valence-electron chi connectivity index (χ0n) is 12.2. The second-order valence-electron chi connectivity index (χ2n) is 6.04. The quantitative estimate of drug-likeness (QED) is 0.807. The van der Waals surface area contributed by atoms with Crippen LogP contribution in [0.1, 0.15) is 5.56 Å². The van der Waals surface area contributed by atoms with Gasteiger partial charge in [-0.3, -0.25) is 9.59 Å².